The van der Waals surface area contributed by atoms with Gasteiger partial charge in [-0.3, -0.25) is 9.78 Å². The molecule has 0 aliphatic heterocycles. The Morgan fingerprint density at radius 2 is 1.88 bits per heavy atom. The highest BCUT2D eigenvalue weighted by molar-refractivity contribution is 5.99. The number of fused-ring (bicyclic) bond motifs is 2. The first-order chi connectivity index (χ1) is 12.2. The summed E-state index contributed by atoms with van der Waals surface area (Å²) in [7, 11) is 0. The van der Waals surface area contributed by atoms with Crippen molar-refractivity contribution in [3.05, 3.63) is 71.7 Å². The van der Waals surface area contributed by atoms with E-state index in [-0.39, 0.29) is 5.76 Å². The first-order valence-electron chi connectivity index (χ1n) is 7.76. The van der Waals surface area contributed by atoms with Gasteiger partial charge >= 0.3 is 5.91 Å². The number of nitrogens with zero attached hydrogens (tertiary/aromatic N) is 3. The molecule has 0 saturated heterocycles. The van der Waals surface area contributed by atoms with Crippen LogP contribution in [0.2, 0.25) is 0 Å². The lowest BCUT2D eigenvalue weighted by Crippen LogP contribution is -2.17. The average Bonchev–Trinajstić information content (AvgIpc) is 2.99. The molecular weight excluding hydrogens is 316 g/mol. The highest BCUT2D eigenvalue weighted by Gasteiger charge is 2.16. The topological polar surface area (TPSA) is 80.4 Å². The summed E-state index contributed by atoms with van der Waals surface area (Å²) in [6.45, 7) is 1.85. The van der Waals surface area contributed by atoms with Crippen LogP contribution >= 0.6 is 0 Å². The van der Waals surface area contributed by atoms with E-state index in [1.807, 2.05) is 55.5 Å². The van der Waals surface area contributed by atoms with E-state index < -0.39 is 5.91 Å². The SMILES string of the molecule is Cc1c(C(=O)N/N=C\c2cnc3ccccc3n2)oc2ccccc12. The number of aromatic nitrogens is 2. The Hall–Kier alpha value is -3.54. The molecule has 2 aromatic heterocycles. The lowest BCUT2D eigenvalue weighted by atomic mass is 10.1. The maximum atomic E-state index is 12.3. The normalized spacial score (nSPS) is 11.4. The van der Waals surface area contributed by atoms with Crippen molar-refractivity contribution < 1.29 is 9.21 Å². The number of carbonyl (C=O) groups is 1. The van der Waals surface area contributed by atoms with Gasteiger partial charge in [-0.15, -0.1) is 0 Å². The van der Waals surface area contributed by atoms with Crippen molar-refractivity contribution in [3.63, 3.8) is 0 Å². The third-order valence-electron chi connectivity index (χ3n) is 3.88. The Bertz CT molecular complexity index is 1110. The lowest BCUT2D eigenvalue weighted by Gasteiger charge is -1.98. The van der Waals surface area contributed by atoms with E-state index in [0.717, 1.165) is 22.0 Å². The number of hydrogen-bond acceptors (Lipinski definition) is 5. The first kappa shape index (κ1) is 15.0. The van der Waals surface area contributed by atoms with Gasteiger partial charge < -0.3 is 4.42 Å². The fourth-order valence-corrected chi connectivity index (χ4v) is 2.63. The number of hydrazone groups is 1. The molecule has 0 aliphatic carbocycles. The zero-order chi connectivity index (χ0) is 17.2. The molecule has 0 radical (unpaired) electrons. The predicted molar refractivity (Wildman–Crippen MR) is 95.5 cm³/mol. The van der Waals surface area contributed by atoms with Crippen LogP contribution in [0.5, 0.6) is 0 Å². The Morgan fingerprint density at radius 3 is 2.72 bits per heavy atom. The molecule has 25 heavy (non-hydrogen) atoms. The number of carbonyl (C=O) groups excluding carboxylic acids is 1. The van der Waals surface area contributed by atoms with Gasteiger partial charge in [-0.1, -0.05) is 30.3 Å². The summed E-state index contributed by atoms with van der Waals surface area (Å²) in [6, 6.07) is 15.1. The van der Waals surface area contributed by atoms with Gasteiger partial charge in [0.2, 0.25) is 0 Å². The molecule has 0 bridgehead atoms. The van der Waals surface area contributed by atoms with Gasteiger partial charge in [0.1, 0.15) is 11.3 Å². The largest absolute Gasteiger partial charge is 0.451 e. The van der Waals surface area contributed by atoms with Crippen LogP contribution in [-0.4, -0.2) is 22.1 Å². The summed E-state index contributed by atoms with van der Waals surface area (Å²) in [5.41, 5.74) is 6.06. The van der Waals surface area contributed by atoms with Crippen molar-refractivity contribution >= 4 is 34.1 Å². The Morgan fingerprint density at radius 1 is 1.12 bits per heavy atom. The first-order valence-corrected chi connectivity index (χ1v) is 7.76. The van der Waals surface area contributed by atoms with E-state index in [2.05, 4.69) is 20.5 Å². The number of para-hydroxylation sites is 3. The molecule has 0 atom stereocenters. The molecule has 1 N–H and O–H groups in total. The number of hydrogen-bond donors (Lipinski definition) is 1. The third-order valence-corrected chi connectivity index (χ3v) is 3.88. The van der Waals surface area contributed by atoms with Gasteiger partial charge in [-0.05, 0) is 25.1 Å². The predicted octanol–water partition coefficient (Wildman–Crippen LogP) is 3.45. The second-order valence-electron chi connectivity index (χ2n) is 5.54. The Labute approximate surface area is 143 Å². The van der Waals surface area contributed by atoms with Gasteiger partial charge in [0, 0.05) is 10.9 Å². The molecular formula is C19H14N4O2. The Kier molecular flexibility index (Phi) is 3.70. The van der Waals surface area contributed by atoms with Crippen LogP contribution in [0.3, 0.4) is 0 Å². The van der Waals surface area contributed by atoms with Crippen molar-refractivity contribution in [2.24, 2.45) is 5.10 Å². The maximum Gasteiger partial charge on any atom is 0.307 e. The van der Waals surface area contributed by atoms with Gasteiger partial charge in [-0.25, -0.2) is 10.4 Å². The van der Waals surface area contributed by atoms with E-state index in [9.17, 15) is 4.79 Å². The molecule has 6 heteroatoms. The average molecular weight is 330 g/mol. The smallest absolute Gasteiger partial charge is 0.307 e. The fourth-order valence-electron chi connectivity index (χ4n) is 2.63. The minimum Gasteiger partial charge on any atom is -0.451 e. The summed E-state index contributed by atoms with van der Waals surface area (Å²) in [4.78, 5) is 21.0. The van der Waals surface area contributed by atoms with Crippen LogP contribution in [0.1, 0.15) is 21.8 Å². The summed E-state index contributed by atoms with van der Waals surface area (Å²) >= 11 is 0. The molecule has 2 aromatic carbocycles. The van der Waals surface area contributed by atoms with E-state index in [4.69, 9.17) is 4.42 Å². The van der Waals surface area contributed by atoms with Crippen molar-refractivity contribution in [2.75, 3.05) is 0 Å². The van der Waals surface area contributed by atoms with Crippen LogP contribution in [-0.2, 0) is 0 Å². The van der Waals surface area contributed by atoms with E-state index in [1.165, 1.54) is 6.21 Å². The minimum atomic E-state index is -0.404. The number of aryl methyl sites for hydroxylation is 1. The van der Waals surface area contributed by atoms with Crippen molar-refractivity contribution in [2.45, 2.75) is 6.92 Å². The van der Waals surface area contributed by atoms with Crippen molar-refractivity contribution in [1.82, 2.24) is 15.4 Å². The number of nitrogens with one attached hydrogen (secondary N) is 1. The van der Waals surface area contributed by atoms with Gasteiger partial charge in [-0.2, -0.15) is 5.10 Å². The van der Waals surface area contributed by atoms with E-state index >= 15 is 0 Å². The van der Waals surface area contributed by atoms with Crippen LogP contribution in [0.4, 0.5) is 0 Å². The van der Waals surface area contributed by atoms with Crippen molar-refractivity contribution in [1.29, 1.82) is 0 Å². The standard InChI is InChI=1S/C19H14N4O2/c1-12-14-6-2-5-9-17(14)25-18(12)19(24)23-21-11-13-10-20-15-7-3-4-8-16(15)22-13/h2-11H,1H3,(H,23,24)/b21-11-. The molecule has 6 nitrogen and oxygen atoms in total. The van der Waals surface area contributed by atoms with Gasteiger partial charge in [0.05, 0.1) is 23.4 Å². The van der Waals surface area contributed by atoms with Crippen LogP contribution in [0, 0.1) is 6.92 Å². The zero-order valence-corrected chi connectivity index (χ0v) is 13.4. The molecule has 0 saturated carbocycles. The molecule has 122 valence electrons. The fraction of sp³-hybridized carbons (Fsp3) is 0.0526. The second-order valence-corrected chi connectivity index (χ2v) is 5.54. The highest BCUT2D eigenvalue weighted by atomic mass is 16.3. The van der Waals surface area contributed by atoms with Crippen LogP contribution < -0.4 is 5.43 Å². The van der Waals surface area contributed by atoms with Crippen LogP contribution in [0.25, 0.3) is 22.0 Å². The quantitative estimate of drug-likeness (QED) is 0.461. The number of furan rings is 1. The molecule has 0 fully saturated rings. The molecule has 1 amide bonds. The molecule has 0 spiro atoms. The molecule has 0 unspecified atom stereocenters. The molecule has 4 rings (SSSR count). The minimum absolute atomic E-state index is 0.253. The summed E-state index contributed by atoms with van der Waals surface area (Å²) in [5, 5.41) is 4.86. The summed E-state index contributed by atoms with van der Waals surface area (Å²) < 4.78 is 5.61. The summed E-state index contributed by atoms with van der Waals surface area (Å²) in [5.74, 6) is -0.151. The molecule has 0 aliphatic rings. The summed E-state index contributed by atoms with van der Waals surface area (Å²) in [6.07, 6.45) is 3.06. The monoisotopic (exact) mass is 330 g/mol. The lowest BCUT2D eigenvalue weighted by molar-refractivity contribution is 0.0929. The Balaban J connectivity index is 1.53. The van der Waals surface area contributed by atoms with Gasteiger partial charge in [0.25, 0.3) is 0 Å². The third kappa shape index (κ3) is 2.85. The number of rotatable bonds is 3. The molecule has 2 heterocycles. The highest BCUT2D eigenvalue weighted by Crippen LogP contribution is 2.24. The van der Waals surface area contributed by atoms with Crippen molar-refractivity contribution in [3.8, 4) is 0 Å². The molecule has 4 aromatic rings. The number of benzene rings is 2. The second kappa shape index (κ2) is 6.16. The number of amides is 1. The van der Waals surface area contributed by atoms with Gasteiger partial charge in [0.15, 0.2) is 5.76 Å². The van der Waals surface area contributed by atoms with E-state index in [0.29, 0.717) is 11.3 Å². The maximum absolute atomic E-state index is 12.3. The van der Waals surface area contributed by atoms with E-state index in [1.54, 1.807) is 6.20 Å². The zero-order valence-electron chi connectivity index (χ0n) is 13.4. The van der Waals surface area contributed by atoms with Crippen LogP contribution in [0.15, 0.2) is 64.2 Å².